The molecule has 1 aliphatic heterocycles. The maximum atomic E-state index is 12.7. The van der Waals surface area contributed by atoms with Crippen LogP contribution in [0.25, 0.3) is 0 Å². The fourth-order valence-corrected chi connectivity index (χ4v) is 3.67. The standard InChI is InChI=1S/C22H20N2O4S/c25-21(16-8-12-29-14-16)24-18-4-2-1-3-17(18)22(26)23-9-7-15-5-6-19-20(13-15)28-11-10-27-19/h1-6,8,12-14H,7,9-11H2,(H,23,26)(H,24,25). The first-order valence-electron chi connectivity index (χ1n) is 9.30. The third-order valence-electron chi connectivity index (χ3n) is 4.51. The number of thiophene rings is 1. The van der Waals surface area contributed by atoms with Crippen molar-refractivity contribution in [3.63, 3.8) is 0 Å². The van der Waals surface area contributed by atoms with Gasteiger partial charge < -0.3 is 20.1 Å². The van der Waals surface area contributed by atoms with Gasteiger partial charge in [0.05, 0.1) is 16.8 Å². The van der Waals surface area contributed by atoms with Crippen LogP contribution in [-0.4, -0.2) is 31.6 Å². The summed E-state index contributed by atoms with van der Waals surface area (Å²) in [6.07, 6.45) is 0.659. The van der Waals surface area contributed by atoms with Crippen molar-refractivity contribution in [2.75, 3.05) is 25.1 Å². The molecule has 2 N–H and O–H groups in total. The summed E-state index contributed by atoms with van der Waals surface area (Å²) in [5.74, 6) is 1.02. The van der Waals surface area contributed by atoms with Gasteiger partial charge >= 0.3 is 0 Å². The number of nitrogens with one attached hydrogen (secondary N) is 2. The van der Waals surface area contributed by atoms with Crippen LogP contribution in [0.2, 0.25) is 0 Å². The van der Waals surface area contributed by atoms with E-state index in [9.17, 15) is 9.59 Å². The van der Waals surface area contributed by atoms with E-state index in [1.54, 1.807) is 35.7 Å². The Labute approximate surface area is 172 Å². The van der Waals surface area contributed by atoms with Crippen molar-refractivity contribution in [2.45, 2.75) is 6.42 Å². The van der Waals surface area contributed by atoms with Crippen LogP contribution in [0.4, 0.5) is 5.69 Å². The lowest BCUT2D eigenvalue weighted by Crippen LogP contribution is -2.27. The highest BCUT2D eigenvalue weighted by Crippen LogP contribution is 2.30. The first kappa shape index (κ1) is 19.0. The summed E-state index contributed by atoms with van der Waals surface area (Å²) in [5, 5.41) is 9.34. The molecular weight excluding hydrogens is 388 g/mol. The van der Waals surface area contributed by atoms with Gasteiger partial charge in [-0.05, 0) is 47.7 Å². The van der Waals surface area contributed by atoms with Gasteiger partial charge in [0.25, 0.3) is 11.8 Å². The van der Waals surface area contributed by atoms with E-state index in [0.717, 1.165) is 17.1 Å². The summed E-state index contributed by atoms with van der Waals surface area (Å²) in [6.45, 7) is 1.57. The second-order valence-electron chi connectivity index (χ2n) is 6.50. The molecule has 1 aromatic heterocycles. The Bertz CT molecular complexity index is 1020. The predicted octanol–water partition coefficient (Wildman–Crippen LogP) is 3.74. The molecule has 7 heteroatoms. The molecule has 0 saturated carbocycles. The molecule has 0 spiro atoms. The molecule has 0 unspecified atom stereocenters. The Morgan fingerprint density at radius 2 is 1.79 bits per heavy atom. The average Bonchev–Trinajstić information content (AvgIpc) is 3.29. The van der Waals surface area contributed by atoms with Crippen LogP contribution in [0.3, 0.4) is 0 Å². The smallest absolute Gasteiger partial charge is 0.256 e. The Morgan fingerprint density at radius 3 is 2.62 bits per heavy atom. The zero-order valence-corrected chi connectivity index (χ0v) is 16.5. The maximum Gasteiger partial charge on any atom is 0.256 e. The van der Waals surface area contributed by atoms with Crippen molar-refractivity contribution in [1.82, 2.24) is 5.32 Å². The number of hydrogen-bond donors (Lipinski definition) is 2. The monoisotopic (exact) mass is 408 g/mol. The molecule has 0 atom stereocenters. The predicted molar refractivity (Wildman–Crippen MR) is 112 cm³/mol. The molecule has 2 aromatic carbocycles. The van der Waals surface area contributed by atoms with Crippen molar-refractivity contribution in [3.05, 3.63) is 76.0 Å². The molecule has 4 rings (SSSR count). The molecule has 2 amide bonds. The fraction of sp³-hybridized carbons (Fsp3) is 0.182. The van der Waals surface area contributed by atoms with Gasteiger partial charge in [-0.1, -0.05) is 18.2 Å². The number of benzene rings is 2. The number of anilines is 1. The molecular formula is C22H20N2O4S. The average molecular weight is 408 g/mol. The van der Waals surface area contributed by atoms with Gasteiger partial charge in [-0.3, -0.25) is 9.59 Å². The highest BCUT2D eigenvalue weighted by atomic mass is 32.1. The van der Waals surface area contributed by atoms with Gasteiger partial charge in [-0.25, -0.2) is 0 Å². The number of hydrogen-bond acceptors (Lipinski definition) is 5. The van der Waals surface area contributed by atoms with Crippen molar-refractivity contribution < 1.29 is 19.1 Å². The van der Waals surface area contributed by atoms with Crippen LogP contribution < -0.4 is 20.1 Å². The van der Waals surface area contributed by atoms with E-state index in [0.29, 0.717) is 43.0 Å². The van der Waals surface area contributed by atoms with Gasteiger partial charge in [0.1, 0.15) is 13.2 Å². The van der Waals surface area contributed by atoms with Gasteiger partial charge in [-0.2, -0.15) is 11.3 Å². The lowest BCUT2D eigenvalue weighted by Gasteiger charge is -2.19. The van der Waals surface area contributed by atoms with E-state index in [1.165, 1.54) is 11.3 Å². The van der Waals surface area contributed by atoms with Crippen LogP contribution in [0.5, 0.6) is 11.5 Å². The Hall–Kier alpha value is -3.32. The van der Waals surface area contributed by atoms with Crippen molar-refractivity contribution in [1.29, 1.82) is 0 Å². The second-order valence-corrected chi connectivity index (χ2v) is 7.28. The van der Waals surface area contributed by atoms with Crippen molar-refractivity contribution >= 4 is 28.8 Å². The molecule has 148 valence electrons. The van der Waals surface area contributed by atoms with Crippen LogP contribution in [0.1, 0.15) is 26.3 Å². The number of carbonyl (C=O) groups is 2. The third-order valence-corrected chi connectivity index (χ3v) is 5.19. The van der Waals surface area contributed by atoms with E-state index in [1.807, 2.05) is 23.6 Å². The molecule has 6 nitrogen and oxygen atoms in total. The summed E-state index contributed by atoms with van der Waals surface area (Å²) in [7, 11) is 0. The number of para-hydroxylation sites is 1. The van der Waals surface area contributed by atoms with Gasteiger partial charge in [-0.15, -0.1) is 0 Å². The number of fused-ring (bicyclic) bond motifs is 1. The number of ether oxygens (including phenoxy) is 2. The number of carbonyl (C=O) groups excluding carboxylic acids is 2. The maximum absolute atomic E-state index is 12.7. The molecule has 29 heavy (non-hydrogen) atoms. The lowest BCUT2D eigenvalue weighted by atomic mass is 10.1. The summed E-state index contributed by atoms with van der Waals surface area (Å²) in [6, 6.07) is 14.5. The highest BCUT2D eigenvalue weighted by molar-refractivity contribution is 7.08. The fourth-order valence-electron chi connectivity index (χ4n) is 3.04. The molecule has 0 aliphatic carbocycles. The first-order chi connectivity index (χ1) is 14.2. The van der Waals surface area contributed by atoms with Gasteiger partial charge in [0.2, 0.25) is 0 Å². The van der Waals surface area contributed by atoms with Crippen molar-refractivity contribution in [3.8, 4) is 11.5 Å². The third kappa shape index (κ3) is 4.57. The minimum Gasteiger partial charge on any atom is -0.486 e. The number of amides is 2. The molecule has 0 saturated heterocycles. The summed E-state index contributed by atoms with van der Waals surface area (Å²) in [5.41, 5.74) is 2.54. The van der Waals surface area contributed by atoms with Crippen LogP contribution in [0, 0.1) is 0 Å². The van der Waals surface area contributed by atoms with E-state index in [4.69, 9.17) is 9.47 Å². The SMILES string of the molecule is O=C(Nc1ccccc1C(=O)NCCc1ccc2c(c1)OCCO2)c1ccsc1. The van der Waals surface area contributed by atoms with Crippen molar-refractivity contribution in [2.24, 2.45) is 0 Å². The molecule has 0 fully saturated rings. The van der Waals surface area contributed by atoms with Crippen LogP contribution >= 0.6 is 11.3 Å². The topological polar surface area (TPSA) is 76.7 Å². The minimum atomic E-state index is -0.234. The lowest BCUT2D eigenvalue weighted by molar-refractivity contribution is 0.0955. The zero-order chi connectivity index (χ0) is 20.1. The van der Waals surface area contributed by atoms with Crippen LogP contribution in [-0.2, 0) is 6.42 Å². The van der Waals surface area contributed by atoms with E-state index < -0.39 is 0 Å². The normalized spacial score (nSPS) is 12.3. The van der Waals surface area contributed by atoms with Crippen LogP contribution in [0.15, 0.2) is 59.3 Å². The highest BCUT2D eigenvalue weighted by Gasteiger charge is 2.15. The largest absolute Gasteiger partial charge is 0.486 e. The molecule has 2 heterocycles. The van der Waals surface area contributed by atoms with E-state index >= 15 is 0 Å². The quantitative estimate of drug-likeness (QED) is 0.651. The summed E-state index contributed by atoms with van der Waals surface area (Å²) < 4.78 is 11.1. The van der Waals surface area contributed by atoms with E-state index in [2.05, 4.69) is 10.6 Å². The van der Waals surface area contributed by atoms with Gasteiger partial charge in [0, 0.05) is 11.9 Å². The first-order valence-corrected chi connectivity index (χ1v) is 10.2. The zero-order valence-electron chi connectivity index (χ0n) is 15.6. The van der Waals surface area contributed by atoms with Gasteiger partial charge in [0.15, 0.2) is 11.5 Å². The molecule has 0 bridgehead atoms. The Kier molecular flexibility index (Phi) is 5.76. The molecule has 0 radical (unpaired) electrons. The minimum absolute atomic E-state index is 0.233. The Balaban J connectivity index is 1.37. The van der Waals surface area contributed by atoms with E-state index in [-0.39, 0.29) is 11.8 Å². The molecule has 1 aliphatic rings. The summed E-state index contributed by atoms with van der Waals surface area (Å²) in [4.78, 5) is 25.0. The second kappa shape index (κ2) is 8.79. The molecule has 3 aromatic rings. The Morgan fingerprint density at radius 1 is 0.966 bits per heavy atom. The summed E-state index contributed by atoms with van der Waals surface area (Å²) >= 11 is 1.45. The number of rotatable bonds is 6.